The van der Waals surface area contributed by atoms with Gasteiger partial charge in [-0.1, -0.05) is 41.4 Å². The van der Waals surface area contributed by atoms with E-state index in [2.05, 4.69) is 47.7 Å². The summed E-state index contributed by atoms with van der Waals surface area (Å²) in [5.41, 5.74) is 8.15. The van der Waals surface area contributed by atoms with Crippen molar-refractivity contribution in [2.75, 3.05) is 0 Å². The SMILES string of the molecule is Cc1ccc(C2=C[C@H]3c4cc(Cl)ccc4OC4(CCCC4)N3N2)cc1. The Labute approximate surface area is 153 Å². The lowest BCUT2D eigenvalue weighted by molar-refractivity contribution is -0.125. The summed E-state index contributed by atoms with van der Waals surface area (Å²) in [6.07, 6.45) is 6.81. The van der Waals surface area contributed by atoms with Crippen molar-refractivity contribution in [2.24, 2.45) is 0 Å². The van der Waals surface area contributed by atoms with Crippen LogP contribution in [0.4, 0.5) is 0 Å². The number of fused-ring (bicyclic) bond motifs is 4. The van der Waals surface area contributed by atoms with Gasteiger partial charge in [-0.25, -0.2) is 0 Å². The lowest BCUT2D eigenvalue weighted by Crippen LogP contribution is -2.58. The highest BCUT2D eigenvalue weighted by Crippen LogP contribution is 2.50. The molecule has 1 atom stereocenters. The van der Waals surface area contributed by atoms with Crippen molar-refractivity contribution < 1.29 is 4.74 Å². The van der Waals surface area contributed by atoms with Crippen molar-refractivity contribution in [3.8, 4) is 5.75 Å². The Morgan fingerprint density at radius 3 is 2.64 bits per heavy atom. The van der Waals surface area contributed by atoms with Crippen LogP contribution in [-0.4, -0.2) is 10.7 Å². The molecular weight excluding hydrogens is 332 g/mol. The average Bonchev–Trinajstić information content (AvgIpc) is 3.25. The molecule has 0 saturated heterocycles. The zero-order valence-electron chi connectivity index (χ0n) is 14.3. The van der Waals surface area contributed by atoms with Crippen molar-refractivity contribution in [3.63, 3.8) is 0 Å². The third-order valence-corrected chi connectivity index (χ3v) is 5.86. The number of benzene rings is 2. The highest BCUT2D eigenvalue weighted by Gasteiger charge is 2.51. The van der Waals surface area contributed by atoms with Crippen LogP contribution in [0, 0.1) is 6.92 Å². The molecule has 2 aliphatic heterocycles. The molecule has 0 aromatic heterocycles. The van der Waals surface area contributed by atoms with Crippen LogP contribution in [0.5, 0.6) is 5.75 Å². The lowest BCUT2D eigenvalue weighted by atomic mass is 9.98. The summed E-state index contributed by atoms with van der Waals surface area (Å²) in [6.45, 7) is 2.11. The van der Waals surface area contributed by atoms with E-state index in [1.165, 1.54) is 24.0 Å². The Morgan fingerprint density at radius 1 is 1.12 bits per heavy atom. The molecule has 2 aromatic carbocycles. The average molecular weight is 353 g/mol. The number of hydrogen-bond acceptors (Lipinski definition) is 3. The highest BCUT2D eigenvalue weighted by atomic mass is 35.5. The number of hydrazine groups is 1. The van der Waals surface area contributed by atoms with Crippen LogP contribution >= 0.6 is 11.6 Å². The normalized spacial score (nSPS) is 23.6. The summed E-state index contributed by atoms with van der Waals surface area (Å²) in [5, 5.41) is 3.07. The van der Waals surface area contributed by atoms with Crippen molar-refractivity contribution in [2.45, 2.75) is 44.4 Å². The standard InChI is InChI=1S/C21H21ClN2O/c1-14-4-6-15(7-5-14)18-13-19-17-12-16(22)8-9-20(17)25-21(24(19)23-18)10-2-3-11-21/h4-9,12-13,19,23H,2-3,10-11H2,1H3/t19-/m0/s1. The monoisotopic (exact) mass is 352 g/mol. The minimum absolute atomic E-state index is 0.150. The van der Waals surface area contributed by atoms with Gasteiger partial charge in [0, 0.05) is 23.4 Å². The molecule has 128 valence electrons. The first-order chi connectivity index (χ1) is 12.1. The van der Waals surface area contributed by atoms with Crippen LogP contribution < -0.4 is 10.2 Å². The van der Waals surface area contributed by atoms with Gasteiger partial charge in [0.2, 0.25) is 0 Å². The maximum absolute atomic E-state index is 6.52. The topological polar surface area (TPSA) is 24.5 Å². The van der Waals surface area contributed by atoms with Crippen LogP contribution in [-0.2, 0) is 0 Å². The number of nitrogens with zero attached hydrogens (tertiary/aromatic N) is 1. The van der Waals surface area contributed by atoms with Crippen LogP contribution in [0.15, 0.2) is 48.5 Å². The predicted octanol–water partition coefficient (Wildman–Crippen LogP) is 5.21. The summed E-state index contributed by atoms with van der Waals surface area (Å²) < 4.78 is 6.52. The number of ether oxygens (including phenoxy) is 1. The van der Waals surface area contributed by atoms with Gasteiger partial charge < -0.3 is 10.2 Å². The molecule has 2 heterocycles. The predicted molar refractivity (Wildman–Crippen MR) is 100 cm³/mol. The van der Waals surface area contributed by atoms with E-state index in [0.717, 1.165) is 34.9 Å². The molecule has 3 nitrogen and oxygen atoms in total. The second-order valence-electron chi connectivity index (χ2n) is 7.31. The van der Waals surface area contributed by atoms with E-state index in [0.29, 0.717) is 0 Å². The number of halogens is 1. The zero-order valence-corrected chi connectivity index (χ0v) is 15.0. The summed E-state index contributed by atoms with van der Waals surface area (Å²) in [6, 6.07) is 14.8. The van der Waals surface area contributed by atoms with Gasteiger partial charge in [0.1, 0.15) is 5.75 Å². The van der Waals surface area contributed by atoms with Crippen molar-refractivity contribution in [1.82, 2.24) is 10.4 Å². The third kappa shape index (κ3) is 2.37. The fraction of sp³-hybridized carbons (Fsp3) is 0.333. The van der Waals surface area contributed by atoms with E-state index in [-0.39, 0.29) is 11.8 Å². The molecule has 1 N–H and O–H groups in total. The number of nitrogens with one attached hydrogen (secondary N) is 1. The van der Waals surface area contributed by atoms with Crippen LogP contribution in [0.2, 0.25) is 5.02 Å². The minimum Gasteiger partial charge on any atom is -0.471 e. The fourth-order valence-electron chi connectivity index (χ4n) is 4.31. The minimum atomic E-state index is -0.256. The van der Waals surface area contributed by atoms with Crippen molar-refractivity contribution in [1.29, 1.82) is 0 Å². The summed E-state index contributed by atoms with van der Waals surface area (Å²) in [7, 11) is 0. The molecule has 4 heteroatoms. The van der Waals surface area contributed by atoms with Gasteiger partial charge in [-0.15, -0.1) is 0 Å². The van der Waals surface area contributed by atoms with E-state index in [4.69, 9.17) is 16.3 Å². The maximum Gasteiger partial charge on any atom is 0.180 e. The molecule has 5 rings (SSSR count). The van der Waals surface area contributed by atoms with E-state index >= 15 is 0 Å². The first-order valence-electron chi connectivity index (χ1n) is 8.98. The van der Waals surface area contributed by atoms with Gasteiger partial charge in [-0.05, 0) is 49.6 Å². The largest absolute Gasteiger partial charge is 0.471 e. The molecule has 0 radical (unpaired) electrons. The number of hydrogen-bond donors (Lipinski definition) is 1. The van der Waals surface area contributed by atoms with E-state index < -0.39 is 0 Å². The Hall–Kier alpha value is -1.97. The van der Waals surface area contributed by atoms with Crippen molar-refractivity contribution >= 4 is 17.3 Å². The van der Waals surface area contributed by atoms with Crippen LogP contribution in [0.25, 0.3) is 5.70 Å². The molecule has 3 aliphatic rings. The van der Waals surface area contributed by atoms with Gasteiger partial charge in [0.25, 0.3) is 0 Å². The molecule has 1 aliphatic carbocycles. The molecule has 0 bridgehead atoms. The van der Waals surface area contributed by atoms with Gasteiger partial charge >= 0.3 is 0 Å². The molecule has 0 amide bonds. The molecular formula is C21H21ClN2O. The molecule has 25 heavy (non-hydrogen) atoms. The summed E-state index contributed by atoms with van der Waals surface area (Å²) >= 11 is 6.27. The van der Waals surface area contributed by atoms with Gasteiger partial charge in [0.05, 0.1) is 11.7 Å². The fourth-order valence-corrected chi connectivity index (χ4v) is 4.50. The quantitative estimate of drug-likeness (QED) is 0.762. The number of rotatable bonds is 1. The molecule has 2 aromatic rings. The second kappa shape index (κ2) is 5.52. The lowest BCUT2D eigenvalue weighted by Gasteiger charge is -2.46. The van der Waals surface area contributed by atoms with E-state index in [1.807, 2.05) is 18.2 Å². The third-order valence-electron chi connectivity index (χ3n) is 5.62. The summed E-state index contributed by atoms with van der Waals surface area (Å²) in [5.74, 6) is 0.968. The highest BCUT2D eigenvalue weighted by molar-refractivity contribution is 6.30. The van der Waals surface area contributed by atoms with Gasteiger partial charge in [-0.3, -0.25) is 0 Å². The molecule has 1 spiro atoms. The van der Waals surface area contributed by atoms with Gasteiger partial charge in [-0.2, -0.15) is 5.01 Å². The molecule has 1 fully saturated rings. The van der Waals surface area contributed by atoms with Crippen LogP contribution in [0.1, 0.15) is 48.4 Å². The smallest absolute Gasteiger partial charge is 0.180 e. The zero-order chi connectivity index (χ0) is 17.0. The Morgan fingerprint density at radius 2 is 1.88 bits per heavy atom. The first-order valence-corrected chi connectivity index (χ1v) is 9.36. The Balaban J connectivity index is 1.61. The Bertz CT molecular complexity index is 853. The summed E-state index contributed by atoms with van der Waals surface area (Å²) in [4.78, 5) is 0. The molecule has 0 unspecified atom stereocenters. The second-order valence-corrected chi connectivity index (χ2v) is 7.75. The van der Waals surface area contributed by atoms with E-state index in [1.54, 1.807) is 0 Å². The van der Waals surface area contributed by atoms with Crippen LogP contribution in [0.3, 0.4) is 0 Å². The maximum atomic E-state index is 6.52. The van der Waals surface area contributed by atoms with Gasteiger partial charge in [0.15, 0.2) is 5.72 Å². The van der Waals surface area contributed by atoms with E-state index in [9.17, 15) is 0 Å². The van der Waals surface area contributed by atoms with Crippen molar-refractivity contribution in [3.05, 3.63) is 70.3 Å². The Kier molecular flexibility index (Phi) is 3.37. The number of aryl methyl sites for hydroxylation is 1. The first kappa shape index (κ1) is 15.3. The molecule has 1 saturated carbocycles.